The maximum atomic E-state index is 12.4. The average Bonchev–Trinajstić information content (AvgIpc) is 2.44. The molecular formula is C16H21N3O. The van der Waals surface area contributed by atoms with Crippen LogP contribution in [0.3, 0.4) is 0 Å². The summed E-state index contributed by atoms with van der Waals surface area (Å²) in [5.41, 5.74) is 1.51. The number of aromatic nitrogens is 1. The number of fused-ring (bicyclic) bond motifs is 1. The first-order valence-corrected chi connectivity index (χ1v) is 7.03. The summed E-state index contributed by atoms with van der Waals surface area (Å²) in [7, 11) is 0. The van der Waals surface area contributed by atoms with E-state index in [-0.39, 0.29) is 5.91 Å². The van der Waals surface area contributed by atoms with Crippen LogP contribution in [0.15, 0.2) is 30.3 Å². The molecule has 1 aromatic heterocycles. The first-order valence-electron chi connectivity index (χ1n) is 7.03. The van der Waals surface area contributed by atoms with Gasteiger partial charge in [-0.25, -0.2) is 4.98 Å². The zero-order chi connectivity index (χ0) is 14.5. The second-order valence-electron chi connectivity index (χ2n) is 5.21. The molecule has 0 saturated carbocycles. The van der Waals surface area contributed by atoms with Gasteiger partial charge in [0.1, 0.15) is 5.82 Å². The van der Waals surface area contributed by atoms with Gasteiger partial charge in [0.05, 0.1) is 11.1 Å². The number of carbonyl (C=O) groups is 1. The van der Waals surface area contributed by atoms with E-state index in [0.717, 1.165) is 23.3 Å². The molecule has 2 aromatic rings. The molecule has 0 saturated heterocycles. The zero-order valence-electron chi connectivity index (χ0n) is 12.2. The monoisotopic (exact) mass is 271 g/mol. The summed E-state index contributed by atoms with van der Waals surface area (Å²) in [6, 6.07) is 9.54. The Balaban J connectivity index is 2.41. The van der Waals surface area contributed by atoms with Crippen LogP contribution in [0.2, 0.25) is 0 Å². The molecule has 20 heavy (non-hydrogen) atoms. The lowest BCUT2D eigenvalue weighted by Gasteiger charge is -2.12. The van der Waals surface area contributed by atoms with Crippen molar-refractivity contribution < 1.29 is 4.79 Å². The van der Waals surface area contributed by atoms with E-state index in [0.29, 0.717) is 18.0 Å². The van der Waals surface area contributed by atoms with Crippen molar-refractivity contribution in [2.75, 3.05) is 18.4 Å². The van der Waals surface area contributed by atoms with Gasteiger partial charge < -0.3 is 10.6 Å². The number of amides is 1. The summed E-state index contributed by atoms with van der Waals surface area (Å²) < 4.78 is 0. The molecule has 1 aromatic carbocycles. The predicted molar refractivity (Wildman–Crippen MR) is 83.1 cm³/mol. The van der Waals surface area contributed by atoms with Gasteiger partial charge in [-0.15, -0.1) is 0 Å². The van der Waals surface area contributed by atoms with Crippen LogP contribution in [-0.4, -0.2) is 24.0 Å². The van der Waals surface area contributed by atoms with Crippen LogP contribution >= 0.6 is 0 Å². The number of nitrogens with zero attached hydrogens (tertiary/aromatic N) is 1. The Morgan fingerprint density at radius 2 is 2.05 bits per heavy atom. The maximum Gasteiger partial charge on any atom is 0.252 e. The van der Waals surface area contributed by atoms with E-state index < -0.39 is 0 Å². The fourth-order valence-corrected chi connectivity index (χ4v) is 2.03. The number of hydrogen-bond acceptors (Lipinski definition) is 3. The van der Waals surface area contributed by atoms with E-state index in [1.807, 2.05) is 37.3 Å². The average molecular weight is 271 g/mol. The van der Waals surface area contributed by atoms with E-state index in [4.69, 9.17) is 0 Å². The molecule has 0 bridgehead atoms. The molecule has 2 N–H and O–H groups in total. The lowest BCUT2D eigenvalue weighted by atomic mass is 10.1. The van der Waals surface area contributed by atoms with Crippen molar-refractivity contribution in [3.63, 3.8) is 0 Å². The van der Waals surface area contributed by atoms with Crippen molar-refractivity contribution in [3.8, 4) is 0 Å². The molecular weight excluding hydrogens is 250 g/mol. The van der Waals surface area contributed by atoms with Crippen LogP contribution in [0.25, 0.3) is 10.9 Å². The Morgan fingerprint density at radius 1 is 1.30 bits per heavy atom. The smallest absolute Gasteiger partial charge is 0.252 e. The van der Waals surface area contributed by atoms with E-state index in [2.05, 4.69) is 29.5 Å². The van der Waals surface area contributed by atoms with Crippen molar-refractivity contribution >= 4 is 22.6 Å². The minimum absolute atomic E-state index is 0.0450. The van der Waals surface area contributed by atoms with Gasteiger partial charge >= 0.3 is 0 Å². The molecule has 4 heteroatoms. The van der Waals surface area contributed by atoms with Crippen LogP contribution in [0.1, 0.15) is 31.1 Å². The fraction of sp³-hybridized carbons (Fsp3) is 0.375. The third-order valence-corrected chi connectivity index (χ3v) is 2.99. The highest BCUT2D eigenvalue weighted by atomic mass is 16.1. The highest BCUT2D eigenvalue weighted by molar-refractivity contribution is 6.06. The van der Waals surface area contributed by atoms with Crippen LogP contribution in [0.4, 0.5) is 5.82 Å². The van der Waals surface area contributed by atoms with E-state index in [9.17, 15) is 4.79 Å². The summed E-state index contributed by atoms with van der Waals surface area (Å²) in [4.78, 5) is 16.9. The number of nitrogens with one attached hydrogen (secondary N) is 2. The van der Waals surface area contributed by atoms with Crippen LogP contribution < -0.4 is 10.6 Å². The van der Waals surface area contributed by atoms with Crippen molar-refractivity contribution in [1.29, 1.82) is 0 Å². The van der Waals surface area contributed by atoms with Gasteiger partial charge in [0.15, 0.2) is 0 Å². The molecule has 0 fully saturated rings. The summed E-state index contributed by atoms with van der Waals surface area (Å²) in [5.74, 6) is 1.12. The number of carbonyl (C=O) groups excluding carboxylic acids is 1. The van der Waals surface area contributed by atoms with E-state index in [1.165, 1.54) is 0 Å². The molecule has 0 spiro atoms. The Morgan fingerprint density at radius 3 is 2.75 bits per heavy atom. The second kappa shape index (κ2) is 6.37. The van der Waals surface area contributed by atoms with Gasteiger partial charge in [-0.2, -0.15) is 0 Å². The molecule has 1 heterocycles. The van der Waals surface area contributed by atoms with Gasteiger partial charge in [-0.1, -0.05) is 32.0 Å². The third kappa shape index (κ3) is 3.26. The lowest BCUT2D eigenvalue weighted by Crippen LogP contribution is -2.27. The predicted octanol–water partition coefficient (Wildman–Crippen LogP) is 3.05. The van der Waals surface area contributed by atoms with Gasteiger partial charge in [0.2, 0.25) is 0 Å². The number of hydrogen-bond donors (Lipinski definition) is 2. The molecule has 106 valence electrons. The Kier molecular flexibility index (Phi) is 4.56. The number of rotatable bonds is 5. The van der Waals surface area contributed by atoms with Gasteiger partial charge in [0, 0.05) is 18.5 Å². The topological polar surface area (TPSA) is 54.0 Å². The Hall–Kier alpha value is -2.10. The minimum atomic E-state index is -0.0450. The molecule has 0 atom stereocenters. The Bertz CT molecular complexity index is 608. The minimum Gasteiger partial charge on any atom is -0.370 e. The number of para-hydroxylation sites is 1. The summed E-state index contributed by atoms with van der Waals surface area (Å²) in [6.07, 6.45) is 0. The summed E-state index contributed by atoms with van der Waals surface area (Å²) >= 11 is 0. The molecule has 4 nitrogen and oxygen atoms in total. The van der Waals surface area contributed by atoms with Gasteiger partial charge in [0.25, 0.3) is 5.91 Å². The molecule has 0 unspecified atom stereocenters. The lowest BCUT2D eigenvalue weighted by molar-refractivity contribution is 0.0950. The molecule has 0 aliphatic carbocycles. The molecule has 0 aliphatic rings. The number of benzene rings is 1. The fourth-order valence-electron chi connectivity index (χ4n) is 2.03. The van der Waals surface area contributed by atoms with Gasteiger partial charge in [-0.3, -0.25) is 4.79 Å². The first-order chi connectivity index (χ1) is 9.61. The van der Waals surface area contributed by atoms with Crippen molar-refractivity contribution in [3.05, 3.63) is 35.9 Å². The quantitative estimate of drug-likeness (QED) is 0.878. The van der Waals surface area contributed by atoms with E-state index >= 15 is 0 Å². The summed E-state index contributed by atoms with van der Waals surface area (Å²) in [5, 5.41) is 7.02. The van der Waals surface area contributed by atoms with Crippen molar-refractivity contribution in [1.82, 2.24) is 10.3 Å². The Labute approximate surface area is 119 Å². The van der Waals surface area contributed by atoms with E-state index in [1.54, 1.807) is 0 Å². The third-order valence-electron chi connectivity index (χ3n) is 2.99. The molecule has 0 radical (unpaired) electrons. The van der Waals surface area contributed by atoms with Gasteiger partial charge in [-0.05, 0) is 25.0 Å². The largest absolute Gasteiger partial charge is 0.370 e. The normalized spacial score (nSPS) is 10.8. The number of pyridine rings is 1. The van der Waals surface area contributed by atoms with Crippen LogP contribution in [0, 0.1) is 5.92 Å². The first kappa shape index (κ1) is 14.3. The maximum absolute atomic E-state index is 12.4. The molecule has 2 rings (SSSR count). The van der Waals surface area contributed by atoms with Crippen molar-refractivity contribution in [2.24, 2.45) is 5.92 Å². The standard InChI is InChI=1S/C16H21N3O/c1-4-17-15-9-13(16(20)18-10-11(2)3)12-7-5-6-8-14(12)19-15/h5-9,11H,4,10H2,1-3H3,(H,17,19)(H,18,20). The zero-order valence-corrected chi connectivity index (χ0v) is 12.2. The summed E-state index contributed by atoms with van der Waals surface area (Å²) in [6.45, 7) is 7.61. The molecule has 0 aliphatic heterocycles. The van der Waals surface area contributed by atoms with Crippen molar-refractivity contribution in [2.45, 2.75) is 20.8 Å². The molecule has 1 amide bonds. The second-order valence-corrected chi connectivity index (χ2v) is 5.21. The SMILES string of the molecule is CCNc1cc(C(=O)NCC(C)C)c2ccccc2n1. The highest BCUT2D eigenvalue weighted by Gasteiger charge is 2.12. The number of anilines is 1. The van der Waals surface area contributed by atoms with Crippen LogP contribution in [-0.2, 0) is 0 Å². The highest BCUT2D eigenvalue weighted by Crippen LogP contribution is 2.20. The van der Waals surface area contributed by atoms with Crippen LogP contribution in [0.5, 0.6) is 0 Å².